The number of aryl methyl sites for hydroxylation is 2. The molecule has 0 aliphatic heterocycles. The third-order valence-corrected chi connectivity index (χ3v) is 4.05. The van der Waals surface area contributed by atoms with Gasteiger partial charge in [-0.1, -0.05) is 35.9 Å². The fourth-order valence-corrected chi connectivity index (χ4v) is 2.91. The Morgan fingerprint density at radius 2 is 1.77 bits per heavy atom. The van der Waals surface area contributed by atoms with Crippen molar-refractivity contribution >= 4 is 21.4 Å². The second kappa shape index (κ2) is 6.40. The molecule has 0 spiro atoms. The van der Waals surface area contributed by atoms with Gasteiger partial charge in [-0.2, -0.15) is 0 Å². The predicted octanol–water partition coefficient (Wildman–Crippen LogP) is 3.85. The van der Waals surface area contributed by atoms with E-state index in [0.29, 0.717) is 5.69 Å². The molecular formula is C17H22N2O2S. The molecule has 0 radical (unpaired) electrons. The first kappa shape index (κ1) is 16.4. The highest BCUT2D eigenvalue weighted by atomic mass is 32.2. The molecule has 0 aliphatic carbocycles. The molecule has 2 N–H and O–H groups in total. The largest absolute Gasteiger partial charge is 0.378 e. The van der Waals surface area contributed by atoms with Crippen LogP contribution in [0.15, 0.2) is 42.5 Å². The van der Waals surface area contributed by atoms with Crippen LogP contribution in [0.1, 0.15) is 29.7 Å². The maximum Gasteiger partial charge on any atom is 0.229 e. The van der Waals surface area contributed by atoms with Crippen molar-refractivity contribution in [2.75, 3.05) is 16.3 Å². The van der Waals surface area contributed by atoms with Crippen LogP contribution in [0.3, 0.4) is 0 Å². The fraction of sp³-hybridized carbons (Fsp3) is 0.294. The first-order valence-corrected chi connectivity index (χ1v) is 9.05. The second-order valence-electron chi connectivity index (χ2n) is 5.68. The Balaban J connectivity index is 2.21. The number of sulfonamides is 1. The summed E-state index contributed by atoms with van der Waals surface area (Å²) in [4.78, 5) is 0. The number of rotatable bonds is 5. The number of anilines is 2. The summed E-state index contributed by atoms with van der Waals surface area (Å²) in [5.41, 5.74) is 4.78. The molecule has 4 nitrogen and oxygen atoms in total. The van der Waals surface area contributed by atoms with Gasteiger partial charge in [0.1, 0.15) is 0 Å². The zero-order valence-electron chi connectivity index (χ0n) is 13.3. The molecule has 118 valence electrons. The minimum absolute atomic E-state index is 0.133. The van der Waals surface area contributed by atoms with Crippen LogP contribution in [0.5, 0.6) is 0 Å². The van der Waals surface area contributed by atoms with Gasteiger partial charge < -0.3 is 5.32 Å². The molecule has 22 heavy (non-hydrogen) atoms. The van der Waals surface area contributed by atoms with Gasteiger partial charge in [0.25, 0.3) is 0 Å². The van der Waals surface area contributed by atoms with E-state index in [4.69, 9.17) is 0 Å². The summed E-state index contributed by atoms with van der Waals surface area (Å²) in [6, 6.07) is 14.1. The summed E-state index contributed by atoms with van der Waals surface area (Å²) in [6.45, 7) is 6.02. The average Bonchev–Trinajstić information content (AvgIpc) is 2.41. The molecule has 1 atom stereocenters. The zero-order valence-corrected chi connectivity index (χ0v) is 14.2. The molecule has 2 aromatic carbocycles. The highest BCUT2D eigenvalue weighted by molar-refractivity contribution is 7.92. The van der Waals surface area contributed by atoms with E-state index < -0.39 is 10.0 Å². The molecule has 2 rings (SSSR count). The molecule has 2 aromatic rings. The molecule has 0 amide bonds. The van der Waals surface area contributed by atoms with Gasteiger partial charge >= 0.3 is 0 Å². The van der Waals surface area contributed by atoms with Crippen LogP contribution < -0.4 is 10.0 Å². The first-order valence-electron chi connectivity index (χ1n) is 7.16. The second-order valence-corrected chi connectivity index (χ2v) is 7.43. The van der Waals surface area contributed by atoms with E-state index in [9.17, 15) is 8.42 Å². The smallest absolute Gasteiger partial charge is 0.229 e. The quantitative estimate of drug-likeness (QED) is 0.880. The molecule has 0 saturated heterocycles. The van der Waals surface area contributed by atoms with Gasteiger partial charge in [-0.15, -0.1) is 0 Å². The molecule has 5 heteroatoms. The lowest BCUT2D eigenvalue weighted by Crippen LogP contribution is -2.12. The van der Waals surface area contributed by atoms with Crippen LogP contribution in [0.2, 0.25) is 0 Å². The van der Waals surface area contributed by atoms with Crippen molar-refractivity contribution in [3.8, 4) is 0 Å². The van der Waals surface area contributed by atoms with Gasteiger partial charge in [0.2, 0.25) is 10.0 Å². The molecule has 0 heterocycles. The van der Waals surface area contributed by atoms with Crippen molar-refractivity contribution in [2.24, 2.45) is 0 Å². The minimum atomic E-state index is -3.28. The lowest BCUT2D eigenvalue weighted by molar-refractivity contribution is 0.607. The van der Waals surface area contributed by atoms with E-state index in [2.05, 4.69) is 42.1 Å². The van der Waals surface area contributed by atoms with E-state index in [-0.39, 0.29) is 6.04 Å². The summed E-state index contributed by atoms with van der Waals surface area (Å²) in [7, 11) is -3.28. The third-order valence-electron chi connectivity index (χ3n) is 3.46. The fourth-order valence-electron chi connectivity index (χ4n) is 2.29. The lowest BCUT2D eigenvalue weighted by atomic mass is 10.1. The Bertz CT molecular complexity index is 770. The van der Waals surface area contributed by atoms with Crippen LogP contribution in [-0.2, 0) is 10.0 Å². The number of nitrogens with one attached hydrogen (secondary N) is 2. The predicted molar refractivity (Wildman–Crippen MR) is 92.9 cm³/mol. The van der Waals surface area contributed by atoms with Gasteiger partial charge in [0.15, 0.2) is 0 Å². The van der Waals surface area contributed by atoms with Crippen molar-refractivity contribution in [1.29, 1.82) is 0 Å². The Morgan fingerprint density at radius 1 is 1.05 bits per heavy atom. The average molecular weight is 318 g/mol. The standard InChI is InChI=1S/C17H22N2O2S/c1-12-6-5-7-15(10-12)14(3)18-16-9-8-13(2)17(11-16)19-22(4,20)21/h5-11,14,18-19H,1-4H3. The van der Waals surface area contributed by atoms with E-state index in [1.54, 1.807) is 0 Å². The van der Waals surface area contributed by atoms with Crippen LogP contribution in [0, 0.1) is 13.8 Å². The van der Waals surface area contributed by atoms with Gasteiger partial charge in [-0.3, -0.25) is 4.72 Å². The minimum Gasteiger partial charge on any atom is -0.378 e. The van der Waals surface area contributed by atoms with Crippen molar-refractivity contribution in [3.05, 3.63) is 59.2 Å². The zero-order chi connectivity index (χ0) is 16.3. The Hall–Kier alpha value is -2.01. The summed E-state index contributed by atoms with van der Waals surface area (Å²) < 4.78 is 25.4. The first-order chi connectivity index (χ1) is 10.2. The van der Waals surface area contributed by atoms with Crippen molar-refractivity contribution in [2.45, 2.75) is 26.8 Å². The topological polar surface area (TPSA) is 58.2 Å². The summed E-state index contributed by atoms with van der Waals surface area (Å²) in [5.74, 6) is 0. The highest BCUT2D eigenvalue weighted by Crippen LogP contribution is 2.25. The monoisotopic (exact) mass is 318 g/mol. The van der Waals surface area contributed by atoms with Gasteiger partial charge in [-0.05, 0) is 44.0 Å². The van der Waals surface area contributed by atoms with Gasteiger partial charge in [0.05, 0.1) is 11.9 Å². The van der Waals surface area contributed by atoms with Crippen molar-refractivity contribution < 1.29 is 8.42 Å². The number of hydrogen-bond donors (Lipinski definition) is 2. The summed E-state index contributed by atoms with van der Waals surface area (Å²) in [5, 5.41) is 3.40. The highest BCUT2D eigenvalue weighted by Gasteiger charge is 2.09. The van der Waals surface area contributed by atoms with Crippen molar-refractivity contribution in [3.63, 3.8) is 0 Å². The summed E-state index contributed by atoms with van der Waals surface area (Å²) >= 11 is 0. The van der Waals surface area contributed by atoms with Crippen LogP contribution >= 0.6 is 0 Å². The van der Waals surface area contributed by atoms with Crippen LogP contribution in [0.4, 0.5) is 11.4 Å². The van der Waals surface area contributed by atoms with Crippen molar-refractivity contribution in [1.82, 2.24) is 0 Å². The molecule has 0 saturated carbocycles. The van der Waals surface area contributed by atoms with Crippen LogP contribution in [-0.4, -0.2) is 14.7 Å². The van der Waals surface area contributed by atoms with Gasteiger partial charge in [-0.25, -0.2) is 8.42 Å². The van der Waals surface area contributed by atoms with E-state index in [0.717, 1.165) is 17.5 Å². The molecule has 1 unspecified atom stereocenters. The summed E-state index contributed by atoms with van der Waals surface area (Å²) in [6.07, 6.45) is 1.15. The van der Waals surface area contributed by atoms with E-state index >= 15 is 0 Å². The molecule has 0 aromatic heterocycles. The normalized spacial score (nSPS) is 12.7. The molecular weight excluding hydrogens is 296 g/mol. The number of hydrogen-bond acceptors (Lipinski definition) is 3. The van der Waals surface area contributed by atoms with E-state index in [1.807, 2.05) is 31.2 Å². The Labute approximate surface area is 132 Å². The SMILES string of the molecule is Cc1cccc(C(C)Nc2ccc(C)c(NS(C)(=O)=O)c2)c1. The molecule has 0 bridgehead atoms. The number of benzene rings is 2. The molecule has 0 fully saturated rings. The third kappa shape index (κ3) is 4.49. The maximum atomic E-state index is 11.4. The lowest BCUT2D eigenvalue weighted by Gasteiger charge is -2.18. The Kier molecular flexibility index (Phi) is 4.76. The molecule has 0 aliphatic rings. The van der Waals surface area contributed by atoms with Gasteiger partial charge in [0, 0.05) is 11.7 Å². The Morgan fingerprint density at radius 3 is 2.41 bits per heavy atom. The van der Waals surface area contributed by atoms with E-state index in [1.165, 1.54) is 11.1 Å². The van der Waals surface area contributed by atoms with Crippen LogP contribution in [0.25, 0.3) is 0 Å². The maximum absolute atomic E-state index is 11.4.